The Kier molecular flexibility index (Phi) is 5.98. The van der Waals surface area contributed by atoms with E-state index >= 15 is 0 Å². The zero-order valence-electron chi connectivity index (χ0n) is 18.6. The first-order valence-corrected chi connectivity index (χ1v) is 10.4. The van der Waals surface area contributed by atoms with E-state index in [-0.39, 0.29) is 22.3 Å². The van der Waals surface area contributed by atoms with Crippen molar-refractivity contribution in [3.05, 3.63) is 95.1 Å². The van der Waals surface area contributed by atoms with Gasteiger partial charge in [-0.2, -0.15) is 9.49 Å². The number of hydrogen-bond donors (Lipinski definition) is 2. The molecule has 2 amide bonds. The van der Waals surface area contributed by atoms with E-state index < -0.39 is 17.8 Å². The largest absolute Gasteiger partial charge is 0.366 e. The van der Waals surface area contributed by atoms with Gasteiger partial charge in [0.1, 0.15) is 0 Å². The van der Waals surface area contributed by atoms with E-state index in [2.05, 4.69) is 16.3 Å². The van der Waals surface area contributed by atoms with Crippen LogP contribution in [0.1, 0.15) is 32.0 Å². The van der Waals surface area contributed by atoms with Crippen LogP contribution in [0.15, 0.2) is 66.7 Å². The van der Waals surface area contributed by atoms with Crippen molar-refractivity contribution in [2.75, 3.05) is 5.32 Å². The Hall–Kier alpha value is -4.70. The fourth-order valence-corrected chi connectivity index (χ4v) is 3.92. The number of rotatable bonds is 5. The Labute approximate surface area is 196 Å². The van der Waals surface area contributed by atoms with Crippen LogP contribution in [0.2, 0.25) is 0 Å². The molecule has 0 atom stereocenters. The third-order valence-electron chi connectivity index (χ3n) is 5.52. The molecule has 7 heteroatoms. The van der Waals surface area contributed by atoms with Crippen molar-refractivity contribution in [1.82, 2.24) is 9.78 Å². The van der Waals surface area contributed by atoms with Gasteiger partial charge in [-0.15, -0.1) is 6.42 Å². The molecule has 168 valence electrons. The second-order valence-electron chi connectivity index (χ2n) is 7.69. The summed E-state index contributed by atoms with van der Waals surface area (Å²) in [5.74, 6) is 0.553. The summed E-state index contributed by atoms with van der Waals surface area (Å²) < 4.78 is 16.0. The molecular formula is C27H21FN4O2. The quantitative estimate of drug-likeness (QED) is 0.436. The minimum atomic E-state index is -0.799. The van der Waals surface area contributed by atoms with E-state index in [0.717, 1.165) is 21.4 Å². The zero-order chi connectivity index (χ0) is 24.4. The average molecular weight is 452 g/mol. The molecule has 0 aliphatic heterocycles. The fourth-order valence-electron chi connectivity index (χ4n) is 3.92. The monoisotopic (exact) mass is 452 g/mol. The topological polar surface area (TPSA) is 90.0 Å². The number of aryl methyl sites for hydroxylation is 2. The normalized spacial score (nSPS) is 10.5. The average Bonchev–Trinajstić information content (AvgIpc) is 3.09. The highest BCUT2D eigenvalue weighted by atomic mass is 19.1. The first kappa shape index (κ1) is 22.5. The fraction of sp³-hybridized carbons (Fsp3) is 0.0741. The number of carbonyl (C=O) groups excluding carboxylic acids is 2. The molecule has 0 unspecified atom stereocenters. The summed E-state index contributed by atoms with van der Waals surface area (Å²) in [4.78, 5) is 25.7. The van der Waals surface area contributed by atoms with E-state index in [1.54, 1.807) is 31.2 Å². The van der Waals surface area contributed by atoms with E-state index in [0.29, 0.717) is 11.4 Å². The standard InChI is InChI=1S/C27H21FN4O2/c1-4-17-12-14-18(15-13-17)19-8-5-6-11-22(19)30-27(34)24-20(9-7-10-21(24)26(29)33)23-16(2)31-32(3)25(23)28/h1,5-15H,2-3H3,(H2,29,33)(H,30,34). The molecule has 0 aliphatic rings. The first-order valence-electron chi connectivity index (χ1n) is 10.4. The Morgan fingerprint density at radius 3 is 2.32 bits per heavy atom. The second kappa shape index (κ2) is 9.04. The van der Waals surface area contributed by atoms with Crippen LogP contribution in [0.3, 0.4) is 0 Å². The number of aromatic nitrogens is 2. The summed E-state index contributed by atoms with van der Waals surface area (Å²) >= 11 is 0. The molecule has 0 radical (unpaired) electrons. The van der Waals surface area contributed by atoms with Gasteiger partial charge in [0.15, 0.2) is 0 Å². The lowest BCUT2D eigenvalue weighted by molar-refractivity contribution is 0.0977. The van der Waals surface area contributed by atoms with Crippen molar-refractivity contribution in [2.24, 2.45) is 12.8 Å². The van der Waals surface area contributed by atoms with Gasteiger partial charge in [0, 0.05) is 29.4 Å². The maximum absolute atomic E-state index is 14.9. The molecule has 6 nitrogen and oxygen atoms in total. The minimum Gasteiger partial charge on any atom is -0.366 e. The smallest absolute Gasteiger partial charge is 0.257 e. The molecule has 1 heterocycles. The predicted molar refractivity (Wildman–Crippen MR) is 130 cm³/mol. The number of nitrogens with two attached hydrogens (primary N) is 1. The van der Waals surface area contributed by atoms with Gasteiger partial charge < -0.3 is 11.1 Å². The van der Waals surface area contributed by atoms with Gasteiger partial charge in [-0.3, -0.25) is 9.59 Å². The molecule has 4 aromatic rings. The summed E-state index contributed by atoms with van der Waals surface area (Å²) in [6.07, 6.45) is 5.44. The number of nitrogens with zero attached hydrogens (tertiary/aromatic N) is 2. The maximum atomic E-state index is 14.9. The molecule has 0 aliphatic carbocycles. The van der Waals surface area contributed by atoms with E-state index in [1.807, 2.05) is 36.4 Å². The molecule has 3 aromatic carbocycles. The summed E-state index contributed by atoms with van der Waals surface area (Å²) in [5.41, 5.74) is 9.10. The van der Waals surface area contributed by atoms with Crippen LogP contribution in [-0.2, 0) is 7.05 Å². The van der Waals surface area contributed by atoms with Crippen molar-refractivity contribution >= 4 is 17.5 Å². The highest BCUT2D eigenvalue weighted by molar-refractivity contribution is 6.16. The third kappa shape index (κ3) is 4.05. The molecule has 34 heavy (non-hydrogen) atoms. The number of nitrogens with one attached hydrogen (secondary N) is 1. The number of halogens is 1. The lowest BCUT2D eigenvalue weighted by Crippen LogP contribution is -2.22. The van der Waals surface area contributed by atoms with Crippen LogP contribution in [0.25, 0.3) is 22.3 Å². The Balaban J connectivity index is 1.82. The van der Waals surface area contributed by atoms with Gasteiger partial charge in [-0.05, 0) is 36.8 Å². The molecule has 0 saturated carbocycles. The van der Waals surface area contributed by atoms with Gasteiger partial charge in [-0.25, -0.2) is 4.68 Å². The van der Waals surface area contributed by atoms with Gasteiger partial charge in [-0.1, -0.05) is 48.4 Å². The van der Waals surface area contributed by atoms with E-state index in [9.17, 15) is 14.0 Å². The number of hydrogen-bond acceptors (Lipinski definition) is 3. The molecule has 4 rings (SSSR count). The van der Waals surface area contributed by atoms with Crippen LogP contribution < -0.4 is 11.1 Å². The SMILES string of the molecule is C#Cc1ccc(-c2ccccc2NC(=O)c2c(C(N)=O)cccc2-c2c(C)nn(C)c2F)cc1. The van der Waals surface area contributed by atoms with Crippen LogP contribution >= 0.6 is 0 Å². The van der Waals surface area contributed by atoms with Crippen molar-refractivity contribution in [1.29, 1.82) is 0 Å². The van der Waals surface area contributed by atoms with Crippen LogP contribution in [0.4, 0.5) is 10.1 Å². The summed E-state index contributed by atoms with van der Waals surface area (Å²) in [5, 5.41) is 6.96. The number of terminal acetylenes is 1. The Bertz CT molecular complexity index is 1460. The molecule has 0 saturated heterocycles. The molecular weight excluding hydrogens is 431 g/mol. The van der Waals surface area contributed by atoms with Gasteiger partial charge in [0.25, 0.3) is 5.91 Å². The number of anilines is 1. The number of benzene rings is 3. The molecule has 0 bridgehead atoms. The number of amides is 2. The van der Waals surface area contributed by atoms with Crippen molar-refractivity contribution in [3.8, 4) is 34.6 Å². The van der Waals surface area contributed by atoms with Crippen molar-refractivity contribution < 1.29 is 14.0 Å². The molecule has 1 aromatic heterocycles. The predicted octanol–water partition coefficient (Wildman–Crippen LogP) is 4.53. The lowest BCUT2D eigenvalue weighted by Gasteiger charge is -2.15. The number of primary amides is 1. The second-order valence-corrected chi connectivity index (χ2v) is 7.69. The van der Waals surface area contributed by atoms with Crippen molar-refractivity contribution in [2.45, 2.75) is 6.92 Å². The first-order chi connectivity index (χ1) is 16.3. The van der Waals surface area contributed by atoms with E-state index in [1.165, 1.54) is 13.1 Å². The third-order valence-corrected chi connectivity index (χ3v) is 5.52. The Morgan fingerprint density at radius 1 is 1.03 bits per heavy atom. The number of para-hydroxylation sites is 1. The van der Waals surface area contributed by atoms with Gasteiger partial charge in [0.05, 0.1) is 22.4 Å². The zero-order valence-corrected chi connectivity index (χ0v) is 18.6. The molecule has 0 spiro atoms. The minimum absolute atomic E-state index is 0.0199. The van der Waals surface area contributed by atoms with Crippen LogP contribution in [0, 0.1) is 25.2 Å². The number of carbonyl (C=O) groups is 2. The summed E-state index contributed by atoms with van der Waals surface area (Å²) in [6, 6.07) is 19.1. The van der Waals surface area contributed by atoms with E-state index in [4.69, 9.17) is 12.2 Å². The van der Waals surface area contributed by atoms with Crippen molar-refractivity contribution in [3.63, 3.8) is 0 Å². The van der Waals surface area contributed by atoms with Crippen LogP contribution in [-0.4, -0.2) is 21.6 Å². The highest BCUT2D eigenvalue weighted by Gasteiger charge is 2.26. The maximum Gasteiger partial charge on any atom is 0.257 e. The molecule has 0 fully saturated rings. The summed E-state index contributed by atoms with van der Waals surface area (Å²) in [7, 11) is 1.46. The van der Waals surface area contributed by atoms with Gasteiger partial charge >= 0.3 is 0 Å². The Morgan fingerprint density at radius 2 is 1.71 bits per heavy atom. The lowest BCUT2D eigenvalue weighted by atomic mass is 9.94. The summed E-state index contributed by atoms with van der Waals surface area (Å²) in [6.45, 7) is 1.63. The highest BCUT2D eigenvalue weighted by Crippen LogP contribution is 2.33. The van der Waals surface area contributed by atoms with Crippen LogP contribution in [0.5, 0.6) is 0 Å². The molecule has 3 N–H and O–H groups in total. The van der Waals surface area contributed by atoms with Gasteiger partial charge in [0.2, 0.25) is 11.9 Å².